The van der Waals surface area contributed by atoms with Gasteiger partial charge in [-0.2, -0.15) is 18.3 Å². The van der Waals surface area contributed by atoms with Crippen molar-refractivity contribution in [2.24, 2.45) is 5.92 Å². The maximum atomic E-state index is 12.9. The average molecular weight is 380 g/mol. The third-order valence-corrected chi connectivity index (χ3v) is 4.39. The smallest absolute Gasteiger partial charge is 0.312 e. The van der Waals surface area contributed by atoms with Crippen molar-refractivity contribution in [3.05, 3.63) is 42.1 Å². The molecule has 1 fully saturated rings. The van der Waals surface area contributed by atoms with Crippen LogP contribution in [-0.2, 0) is 15.8 Å². The van der Waals surface area contributed by atoms with Crippen molar-refractivity contribution >= 4 is 23.3 Å². The molecular weight excluding hydrogens is 361 g/mol. The number of anilines is 2. The molecule has 2 heterocycles. The third-order valence-electron chi connectivity index (χ3n) is 4.39. The first kappa shape index (κ1) is 18.9. The summed E-state index contributed by atoms with van der Waals surface area (Å²) >= 11 is 0. The Labute approximate surface area is 154 Å². The molecule has 6 nitrogen and oxygen atoms in total. The van der Waals surface area contributed by atoms with Crippen LogP contribution in [0.3, 0.4) is 0 Å². The third kappa shape index (κ3) is 3.96. The molecule has 0 aliphatic carbocycles. The zero-order valence-corrected chi connectivity index (χ0v) is 14.8. The minimum absolute atomic E-state index is 0.0296. The van der Waals surface area contributed by atoms with Gasteiger partial charge >= 0.3 is 6.18 Å². The lowest BCUT2D eigenvalue weighted by Gasteiger charge is -2.18. The number of rotatable bonds is 4. The number of hydrogen-bond donors (Lipinski definition) is 1. The van der Waals surface area contributed by atoms with E-state index in [1.54, 1.807) is 16.9 Å². The van der Waals surface area contributed by atoms with Gasteiger partial charge in [-0.1, -0.05) is 6.07 Å². The van der Waals surface area contributed by atoms with Gasteiger partial charge in [0.25, 0.3) is 0 Å². The molecule has 27 heavy (non-hydrogen) atoms. The molecule has 1 N–H and O–H groups in total. The van der Waals surface area contributed by atoms with E-state index >= 15 is 0 Å². The van der Waals surface area contributed by atoms with Gasteiger partial charge in [0, 0.05) is 30.8 Å². The van der Waals surface area contributed by atoms with Gasteiger partial charge in [0.05, 0.1) is 17.7 Å². The Hall–Kier alpha value is -2.84. The summed E-state index contributed by atoms with van der Waals surface area (Å²) in [5.74, 6) is -0.880. The molecule has 1 aromatic carbocycles. The van der Waals surface area contributed by atoms with Gasteiger partial charge in [0.15, 0.2) is 0 Å². The van der Waals surface area contributed by atoms with Crippen molar-refractivity contribution in [3.8, 4) is 0 Å². The molecule has 2 aromatic rings. The van der Waals surface area contributed by atoms with E-state index in [1.165, 1.54) is 17.0 Å². The first-order valence-corrected chi connectivity index (χ1v) is 8.49. The van der Waals surface area contributed by atoms with E-state index in [0.29, 0.717) is 5.82 Å². The predicted octanol–water partition coefficient (Wildman–Crippen LogP) is 3.47. The van der Waals surface area contributed by atoms with Crippen LogP contribution in [0.15, 0.2) is 36.5 Å². The molecule has 9 heteroatoms. The van der Waals surface area contributed by atoms with Gasteiger partial charge in [0.2, 0.25) is 11.8 Å². The van der Waals surface area contributed by atoms with E-state index in [4.69, 9.17) is 0 Å². The first-order chi connectivity index (χ1) is 12.7. The number of halogens is 3. The summed E-state index contributed by atoms with van der Waals surface area (Å²) in [6.45, 7) is 3.86. The number of carbonyl (C=O) groups excluding carboxylic acids is 2. The molecule has 1 saturated heterocycles. The fourth-order valence-electron chi connectivity index (χ4n) is 3.04. The number of alkyl halides is 3. The van der Waals surface area contributed by atoms with E-state index in [0.717, 1.165) is 12.1 Å². The fraction of sp³-hybridized carbons (Fsp3) is 0.389. The zero-order chi connectivity index (χ0) is 19.8. The van der Waals surface area contributed by atoms with Crippen molar-refractivity contribution in [1.82, 2.24) is 9.78 Å². The highest BCUT2D eigenvalue weighted by molar-refractivity contribution is 6.03. The summed E-state index contributed by atoms with van der Waals surface area (Å²) in [5, 5.41) is 6.87. The maximum absolute atomic E-state index is 12.9. The second-order valence-corrected chi connectivity index (χ2v) is 6.70. The van der Waals surface area contributed by atoms with E-state index < -0.39 is 17.7 Å². The second kappa shape index (κ2) is 7.05. The number of aromatic nitrogens is 2. The van der Waals surface area contributed by atoms with Crippen molar-refractivity contribution in [2.75, 3.05) is 16.8 Å². The largest absolute Gasteiger partial charge is 0.416 e. The Morgan fingerprint density at radius 1 is 1.30 bits per heavy atom. The Balaban J connectivity index is 1.74. The fourth-order valence-corrected chi connectivity index (χ4v) is 3.04. The summed E-state index contributed by atoms with van der Waals surface area (Å²) in [4.78, 5) is 26.0. The quantitative estimate of drug-likeness (QED) is 0.883. The van der Waals surface area contributed by atoms with Crippen molar-refractivity contribution in [3.63, 3.8) is 0 Å². The van der Waals surface area contributed by atoms with Crippen LogP contribution in [-0.4, -0.2) is 28.1 Å². The van der Waals surface area contributed by atoms with E-state index in [2.05, 4.69) is 10.4 Å². The number of nitrogens with one attached hydrogen (secondary N) is 1. The molecular formula is C18H19F3N4O2. The highest BCUT2D eigenvalue weighted by Crippen LogP contribution is 2.33. The molecule has 2 amide bonds. The van der Waals surface area contributed by atoms with Crippen molar-refractivity contribution in [2.45, 2.75) is 32.5 Å². The molecule has 144 valence electrons. The van der Waals surface area contributed by atoms with Crippen LogP contribution in [0.25, 0.3) is 0 Å². The monoisotopic (exact) mass is 380 g/mol. The SMILES string of the molecule is CC(C)n1nccc1NC(=O)C1CC(=O)N(c2cccc(C(F)(F)F)c2)C1. The van der Waals surface area contributed by atoms with Crippen LogP contribution in [0.1, 0.15) is 31.9 Å². The number of amides is 2. The van der Waals surface area contributed by atoms with Crippen LogP contribution < -0.4 is 10.2 Å². The highest BCUT2D eigenvalue weighted by atomic mass is 19.4. The van der Waals surface area contributed by atoms with Gasteiger partial charge in [0.1, 0.15) is 5.82 Å². The lowest BCUT2D eigenvalue weighted by molar-refractivity contribution is -0.137. The summed E-state index contributed by atoms with van der Waals surface area (Å²) in [6.07, 6.45) is -2.99. The zero-order valence-electron chi connectivity index (χ0n) is 14.8. The van der Waals surface area contributed by atoms with Gasteiger partial charge in [-0.25, -0.2) is 4.68 Å². The minimum Gasteiger partial charge on any atom is -0.312 e. The normalized spacial score (nSPS) is 17.6. The predicted molar refractivity (Wildman–Crippen MR) is 93.1 cm³/mol. The molecule has 1 atom stereocenters. The molecule has 1 unspecified atom stereocenters. The maximum Gasteiger partial charge on any atom is 0.416 e. The van der Waals surface area contributed by atoms with Gasteiger partial charge in [-0.15, -0.1) is 0 Å². The Morgan fingerprint density at radius 3 is 2.70 bits per heavy atom. The Bertz CT molecular complexity index is 860. The summed E-state index contributed by atoms with van der Waals surface area (Å²) in [6, 6.07) is 6.25. The molecule has 0 bridgehead atoms. The highest BCUT2D eigenvalue weighted by Gasteiger charge is 2.37. The molecule has 1 aliphatic heterocycles. The van der Waals surface area contributed by atoms with Crippen molar-refractivity contribution in [1.29, 1.82) is 0 Å². The lowest BCUT2D eigenvalue weighted by Crippen LogP contribution is -2.29. The van der Waals surface area contributed by atoms with E-state index in [-0.39, 0.29) is 36.5 Å². The van der Waals surface area contributed by atoms with Crippen LogP contribution in [0, 0.1) is 5.92 Å². The number of nitrogens with zero attached hydrogens (tertiary/aromatic N) is 3. The average Bonchev–Trinajstić information content (AvgIpc) is 3.21. The topological polar surface area (TPSA) is 67.2 Å². The van der Waals surface area contributed by atoms with E-state index in [9.17, 15) is 22.8 Å². The van der Waals surface area contributed by atoms with Gasteiger partial charge < -0.3 is 10.2 Å². The number of hydrogen-bond acceptors (Lipinski definition) is 3. The first-order valence-electron chi connectivity index (χ1n) is 8.49. The molecule has 1 aromatic heterocycles. The summed E-state index contributed by atoms with van der Waals surface area (Å²) in [7, 11) is 0. The molecule has 3 rings (SSSR count). The summed E-state index contributed by atoms with van der Waals surface area (Å²) in [5.41, 5.74) is -0.695. The number of benzene rings is 1. The molecule has 0 radical (unpaired) electrons. The van der Waals surface area contributed by atoms with Gasteiger partial charge in [-0.05, 0) is 32.0 Å². The molecule has 0 spiro atoms. The summed E-state index contributed by atoms with van der Waals surface area (Å²) < 4.78 is 40.3. The van der Waals surface area contributed by atoms with Crippen LogP contribution in [0.5, 0.6) is 0 Å². The molecule has 0 saturated carbocycles. The van der Waals surface area contributed by atoms with Crippen molar-refractivity contribution < 1.29 is 22.8 Å². The van der Waals surface area contributed by atoms with Crippen LogP contribution >= 0.6 is 0 Å². The molecule has 1 aliphatic rings. The second-order valence-electron chi connectivity index (χ2n) is 6.70. The van der Waals surface area contributed by atoms with Gasteiger partial charge in [-0.3, -0.25) is 9.59 Å². The minimum atomic E-state index is -4.50. The van der Waals surface area contributed by atoms with E-state index in [1.807, 2.05) is 13.8 Å². The standard InChI is InChI=1S/C18H19F3N4O2/c1-11(2)25-15(6-7-22-25)23-17(27)12-8-16(26)24(10-12)14-5-3-4-13(9-14)18(19,20)21/h3-7,9,11-12H,8,10H2,1-2H3,(H,23,27). The number of carbonyl (C=O) groups is 2. The van der Waals surface area contributed by atoms with Crippen LogP contribution in [0.2, 0.25) is 0 Å². The lowest BCUT2D eigenvalue weighted by atomic mass is 10.1. The Kier molecular flexibility index (Phi) is 4.95. The Morgan fingerprint density at radius 2 is 2.04 bits per heavy atom. The van der Waals surface area contributed by atoms with Crippen LogP contribution in [0.4, 0.5) is 24.7 Å².